The van der Waals surface area contributed by atoms with E-state index in [4.69, 9.17) is 9.47 Å². The van der Waals surface area contributed by atoms with Gasteiger partial charge in [0, 0.05) is 25.7 Å². The number of rotatable bonds is 9. The second kappa shape index (κ2) is 8.80. The number of nitrogens with zero attached hydrogens (tertiary/aromatic N) is 2. The Labute approximate surface area is 166 Å². The van der Waals surface area contributed by atoms with E-state index in [1.54, 1.807) is 20.2 Å². The van der Waals surface area contributed by atoms with Gasteiger partial charge in [-0.25, -0.2) is 4.79 Å². The first-order valence-corrected chi connectivity index (χ1v) is 10.2. The molecule has 154 valence electrons. The van der Waals surface area contributed by atoms with Crippen molar-refractivity contribution in [2.45, 2.75) is 57.9 Å². The SMILES string of the molecule is CC(C)C[C@H](NC(=O)Oc1ccc(C2CC2)c(OCC2CC2)n1)C(=O)N(C)C. The molecule has 2 aliphatic rings. The maximum atomic E-state index is 12.4. The molecule has 0 aromatic carbocycles. The Morgan fingerprint density at radius 3 is 2.50 bits per heavy atom. The highest BCUT2D eigenvalue weighted by Gasteiger charge is 2.30. The predicted octanol–water partition coefficient (Wildman–Crippen LogP) is 3.34. The molecule has 1 N–H and O–H groups in total. The van der Waals surface area contributed by atoms with Gasteiger partial charge in [0.25, 0.3) is 0 Å². The van der Waals surface area contributed by atoms with Gasteiger partial charge in [0.05, 0.1) is 6.61 Å². The molecule has 0 saturated heterocycles. The van der Waals surface area contributed by atoms with Crippen LogP contribution in [-0.2, 0) is 4.79 Å². The summed E-state index contributed by atoms with van der Waals surface area (Å²) in [5.41, 5.74) is 1.09. The third kappa shape index (κ3) is 5.84. The van der Waals surface area contributed by atoms with Gasteiger partial charge in [-0.2, -0.15) is 4.98 Å². The molecule has 7 nitrogen and oxygen atoms in total. The molecule has 1 aromatic rings. The van der Waals surface area contributed by atoms with Gasteiger partial charge in [-0.05, 0) is 55.9 Å². The fraction of sp³-hybridized carbons (Fsp3) is 0.667. The Morgan fingerprint density at radius 1 is 1.21 bits per heavy atom. The van der Waals surface area contributed by atoms with Crippen LogP contribution in [0.15, 0.2) is 12.1 Å². The van der Waals surface area contributed by atoms with Crippen LogP contribution in [0, 0.1) is 11.8 Å². The van der Waals surface area contributed by atoms with Gasteiger partial charge in [-0.1, -0.05) is 13.8 Å². The quantitative estimate of drug-likeness (QED) is 0.701. The van der Waals surface area contributed by atoms with Crippen molar-refractivity contribution in [3.63, 3.8) is 0 Å². The summed E-state index contributed by atoms with van der Waals surface area (Å²) in [7, 11) is 3.34. The zero-order chi connectivity index (χ0) is 20.3. The van der Waals surface area contributed by atoms with Crippen LogP contribution >= 0.6 is 0 Å². The van der Waals surface area contributed by atoms with E-state index in [9.17, 15) is 9.59 Å². The van der Waals surface area contributed by atoms with Crippen LogP contribution in [0.2, 0.25) is 0 Å². The van der Waals surface area contributed by atoms with Gasteiger partial charge >= 0.3 is 6.09 Å². The van der Waals surface area contributed by atoms with Gasteiger partial charge in [0.15, 0.2) is 0 Å². The summed E-state index contributed by atoms with van der Waals surface area (Å²) in [6, 6.07) is 3.01. The minimum atomic E-state index is -0.680. The van der Waals surface area contributed by atoms with Crippen LogP contribution < -0.4 is 14.8 Å². The minimum absolute atomic E-state index is 0.156. The molecule has 0 unspecified atom stereocenters. The van der Waals surface area contributed by atoms with E-state index in [1.807, 2.05) is 19.9 Å². The van der Waals surface area contributed by atoms with Gasteiger partial charge in [0.2, 0.25) is 17.7 Å². The van der Waals surface area contributed by atoms with Crippen molar-refractivity contribution in [1.82, 2.24) is 15.2 Å². The zero-order valence-corrected chi connectivity index (χ0v) is 17.2. The first-order valence-electron chi connectivity index (χ1n) is 10.2. The summed E-state index contributed by atoms with van der Waals surface area (Å²) < 4.78 is 11.3. The van der Waals surface area contributed by atoms with Gasteiger partial charge < -0.3 is 19.7 Å². The predicted molar refractivity (Wildman–Crippen MR) is 106 cm³/mol. The molecule has 2 fully saturated rings. The van der Waals surface area contributed by atoms with Crippen LogP contribution in [0.4, 0.5) is 4.79 Å². The number of carbonyl (C=O) groups is 2. The standard InChI is InChI=1S/C21H31N3O4/c1-13(2)11-17(20(25)24(3)4)22-21(26)28-18-10-9-16(15-7-8-15)19(23-18)27-12-14-5-6-14/h9-10,13-15,17H,5-8,11-12H2,1-4H3,(H,22,26)/t17-/m0/s1. The summed E-state index contributed by atoms with van der Waals surface area (Å²) >= 11 is 0. The van der Waals surface area contributed by atoms with Crippen LogP contribution in [0.3, 0.4) is 0 Å². The molecule has 28 heavy (non-hydrogen) atoms. The number of hydrogen-bond acceptors (Lipinski definition) is 5. The molecule has 0 spiro atoms. The Morgan fingerprint density at radius 2 is 1.93 bits per heavy atom. The molecular formula is C21H31N3O4. The van der Waals surface area contributed by atoms with Gasteiger partial charge in [-0.3, -0.25) is 4.79 Å². The largest absolute Gasteiger partial charge is 0.477 e. The summed E-state index contributed by atoms with van der Waals surface area (Å²) in [5, 5.41) is 2.67. The maximum Gasteiger partial charge on any atom is 0.414 e. The normalized spacial score (nSPS) is 17.2. The lowest BCUT2D eigenvalue weighted by atomic mass is 10.0. The second-order valence-corrected chi connectivity index (χ2v) is 8.52. The molecule has 2 amide bonds. The number of nitrogens with one attached hydrogen (secondary N) is 1. The number of aromatic nitrogens is 1. The molecule has 1 heterocycles. The van der Waals surface area contributed by atoms with Gasteiger partial charge in [0.1, 0.15) is 6.04 Å². The summed E-state index contributed by atoms with van der Waals surface area (Å²) in [5.74, 6) is 1.98. The third-order valence-electron chi connectivity index (χ3n) is 4.97. The van der Waals surface area contributed by atoms with E-state index >= 15 is 0 Å². The zero-order valence-electron chi connectivity index (χ0n) is 17.2. The van der Waals surface area contributed by atoms with E-state index in [2.05, 4.69) is 10.3 Å². The topological polar surface area (TPSA) is 80.8 Å². The number of likely N-dealkylation sites (N-methyl/N-ethyl adjacent to an activating group) is 1. The van der Waals surface area contributed by atoms with E-state index in [0.717, 1.165) is 18.4 Å². The van der Waals surface area contributed by atoms with Crippen molar-refractivity contribution < 1.29 is 19.1 Å². The molecule has 0 aliphatic heterocycles. The minimum Gasteiger partial charge on any atom is -0.477 e. The summed E-state index contributed by atoms with van der Waals surface area (Å²) in [6.07, 6.45) is 4.55. The summed E-state index contributed by atoms with van der Waals surface area (Å²) in [4.78, 5) is 30.6. The van der Waals surface area contributed by atoms with Crippen LogP contribution in [-0.4, -0.2) is 48.6 Å². The lowest BCUT2D eigenvalue weighted by Gasteiger charge is -2.22. The summed E-state index contributed by atoms with van der Waals surface area (Å²) in [6.45, 7) is 4.67. The highest BCUT2D eigenvalue weighted by Crippen LogP contribution is 2.44. The van der Waals surface area contributed by atoms with E-state index in [0.29, 0.717) is 30.7 Å². The van der Waals surface area contributed by atoms with Crippen molar-refractivity contribution in [3.05, 3.63) is 17.7 Å². The Hall–Kier alpha value is -2.31. The molecule has 1 atom stereocenters. The molecular weight excluding hydrogens is 358 g/mol. The van der Waals surface area contributed by atoms with Crippen molar-refractivity contribution in [2.24, 2.45) is 11.8 Å². The van der Waals surface area contributed by atoms with Crippen molar-refractivity contribution in [1.29, 1.82) is 0 Å². The molecule has 2 saturated carbocycles. The average molecular weight is 389 g/mol. The molecule has 7 heteroatoms. The number of pyridine rings is 1. The lowest BCUT2D eigenvalue weighted by molar-refractivity contribution is -0.131. The fourth-order valence-electron chi connectivity index (χ4n) is 3.06. The number of ether oxygens (including phenoxy) is 2. The Balaban J connectivity index is 1.64. The van der Waals surface area contributed by atoms with E-state index < -0.39 is 12.1 Å². The molecule has 0 radical (unpaired) electrons. The third-order valence-corrected chi connectivity index (χ3v) is 4.97. The van der Waals surface area contributed by atoms with Crippen LogP contribution in [0.1, 0.15) is 57.4 Å². The molecule has 0 bridgehead atoms. The smallest absolute Gasteiger partial charge is 0.414 e. The van der Waals surface area contributed by atoms with Crippen molar-refractivity contribution >= 4 is 12.0 Å². The monoisotopic (exact) mass is 389 g/mol. The Bertz CT molecular complexity index is 712. The van der Waals surface area contributed by atoms with E-state index in [1.165, 1.54) is 17.7 Å². The highest BCUT2D eigenvalue weighted by atomic mass is 16.6. The Kier molecular flexibility index (Phi) is 6.42. The van der Waals surface area contributed by atoms with E-state index in [-0.39, 0.29) is 17.7 Å². The van der Waals surface area contributed by atoms with Crippen LogP contribution in [0.5, 0.6) is 11.8 Å². The number of amides is 2. The van der Waals surface area contributed by atoms with Crippen molar-refractivity contribution in [2.75, 3.05) is 20.7 Å². The van der Waals surface area contributed by atoms with Crippen LogP contribution in [0.25, 0.3) is 0 Å². The molecule has 3 rings (SSSR count). The second-order valence-electron chi connectivity index (χ2n) is 8.52. The first kappa shape index (κ1) is 20.4. The fourth-order valence-corrected chi connectivity index (χ4v) is 3.06. The maximum absolute atomic E-state index is 12.4. The molecule has 2 aliphatic carbocycles. The molecule has 1 aromatic heterocycles. The highest BCUT2D eigenvalue weighted by molar-refractivity contribution is 5.85. The lowest BCUT2D eigenvalue weighted by Crippen LogP contribution is -2.47. The first-order chi connectivity index (χ1) is 13.3. The van der Waals surface area contributed by atoms with Gasteiger partial charge in [-0.15, -0.1) is 0 Å². The number of hydrogen-bond donors (Lipinski definition) is 1. The number of carbonyl (C=O) groups excluding carboxylic acids is 2. The van der Waals surface area contributed by atoms with Crippen molar-refractivity contribution in [3.8, 4) is 11.8 Å². The average Bonchev–Trinajstić information content (AvgIpc) is 3.52.